The van der Waals surface area contributed by atoms with Gasteiger partial charge in [0.2, 0.25) is 0 Å². The summed E-state index contributed by atoms with van der Waals surface area (Å²) >= 11 is 7.59. The SMILES string of the molecule is O=S(=O)(Nc1cccc(-c2csc(Nc3ccccc3Cl)n2)c1)c1cnoc1. The fourth-order valence-corrected chi connectivity index (χ4v) is 4.25. The van der Waals surface area contributed by atoms with Gasteiger partial charge in [-0.15, -0.1) is 11.3 Å². The van der Waals surface area contributed by atoms with Crippen molar-refractivity contribution in [3.8, 4) is 11.3 Å². The molecule has 2 N–H and O–H groups in total. The van der Waals surface area contributed by atoms with Crippen LogP contribution < -0.4 is 10.0 Å². The van der Waals surface area contributed by atoms with Gasteiger partial charge < -0.3 is 9.84 Å². The molecule has 2 aromatic heterocycles. The second-order valence-electron chi connectivity index (χ2n) is 5.69. The van der Waals surface area contributed by atoms with Crippen molar-refractivity contribution in [1.29, 1.82) is 0 Å². The van der Waals surface area contributed by atoms with E-state index >= 15 is 0 Å². The molecule has 10 heteroatoms. The Balaban J connectivity index is 1.55. The van der Waals surface area contributed by atoms with Crippen molar-refractivity contribution in [1.82, 2.24) is 10.1 Å². The standard InChI is InChI=1S/C18H13ClN4O3S2/c19-15-6-1-2-7-16(15)21-18-22-17(11-27-18)12-4-3-5-13(8-12)23-28(24,25)14-9-20-26-10-14/h1-11,23H,(H,21,22). The summed E-state index contributed by atoms with van der Waals surface area (Å²) in [6, 6.07) is 14.4. The number of nitrogens with one attached hydrogen (secondary N) is 2. The summed E-state index contributed by atoms with van der Waals surface area (Å²) in [7, 11) is -3.76. The Morgan fingerprint density at radius 3 is 2.75 bits per heavy atom. The molecule has 0 aliphatic heterocycles. The molecule has 28 heavy (non-hydrogen) atoms. The van der Waals surface area contributed by atoms with Crippen LogP contribution in [0.4, 0.5) is 16.5 Å². The summed E-state index contributed by atoms with van der Waals surface area (Å²) in [6.07, 6.45) is 2.21. The second kappa shape index (κ2) is 7.63. The topological polar surface area (TPSA) is 97.1 Å². The zero-order chi connectivity index (χ0) is 19.6. The smallest absolute Gasteiger partial charge is 0.266 e. The number of thiazole rings is 1. The molecule has 0 atom stereocenters. The van der Waals surface area contributed by atoms with E-state index in [2.05, 4.69) is 24.7 Å². The third-order valence-corrected chi connectivity index (χ3v) is 6.16. The summed E-state index contributed by atoms with van der Waals surface area (Å²) in [5.74, 6) is 0. The van der Waals surface area contributed by atoms with Crippen molar-refractivity contribution in [3.05, 3.63) is 71.4 Å². The lowest BCUT2D eigenvalue weighted by Gasteiger charge is -2.07. The number of para-hydroxylation sites is 1. The first-order valence-electron chi connectivity index (χ1n) is 8.01. The van der Waals surface area contributed by atoms with Gasteiger partial charge in [-0.05, 0) is 24.3 Å². The lowest BCUT2D eigenvalue weighted by atomic mass is 10.1. The van der Waals surface area contributed by atoms with Crippen molar-refractivity contribution in [2.24, 2.45) is 0 Å². The van der Waals surface area contributed by atoms with E-state index in [9.17, 15) is 8.42 Å². The normalized spacial score (nSPS) is 11.3. The molecule has 0 saturated heterocycles. The van der Waals surface area contributed by atoms with Crippen LogP contribution in [0.5, 0.6) is 0 Å². The third-order valence-electron chi connectivity index (χ3n) is 3.75. The molecule has 0 saturated carbocycles. The zero-order valence-corrected chi connectivity index (χ0v) is 16.6. The average molecular weight is 433 g/mol. The summed E-state index contributed by atoms with van der Waals surface area (Å²) in [5.41, 5.74) is 2.66. The number of anilines is 3. The van der Waals surface area contributed by atoms with E-state index in [1.165, 1.54) is 11.3 Å². The Morgan fingerprint density at radius 2 is 1.96 bits per heavy atom. The zero-order valence-electron chi connectivity index (χ0n) is 14.2. The Labute approximate surface area is 170 Å². The van der Waals surface area contributed by atoms with Crippen LogP contribution in [0.1, 0.15) is 0 Å². The van der Waals surface area contributed by atoms with Crippen LogP contribution in [0.25, 0.3) is 11.3 Å². The molecular formula is C18H13ClN4O3S2. The first-order valence-corrected chi connectivity index (χ1v) is 10.7. The first kappa shape index (κ1) is 18.5. The summed E-state index contributed by atoms with van der Waals surface area (Å²) < 4.78 is 31.7. The molecule has 142 valence electrons. The molecule has 0 fully saturated rings. The predicted octanol–water partition coefficient (Wildman–Crippen LogP) is 5.00. The minimum absolute atomic E-state index is 0.0437. The lowest BCUT2D eigenvalue weighted by molar-refractivity contribution is 0.417. The van der Waals surface area contributed by atoms with Gasteiger partial charge in [-0.1, -0.05) is 41.0 Å². The highest BCUT2D eigenvalue weighted by Crippen LogP contribution is 2.31. The van der Waals surface area contributed by atoms with Gasteiger partial charge in [-0.3, -0.25) is 4.72 Å². The van der Waals surface area contributed by atoms with Crippen LogP contribution >= 0.6 is 22.9 Å². The molecular weight excluding hydrogens is 420 g/mol. The van der Waals surface area contributed by atoms with Crippen molar-refractivity contribution >= 4 is 49.5 Å². The van der Waals surface area contributed by atoms with Crippen molar-refractivity contribution < 1.29 is 12.9 Å². The molecule has 0 bridgehead atoms. The monoisotopic (exact) mass is 432 g/mol. The van der Waals surface area contributed by atoms with Gasteiger partial charge in [0.25, 0.3) is 10.0 Å². The molecule has 4 rings (SSSR count). The summed E-state index contributed by atoms with van der Waals surface area (Å²) in [6.45, 7) is 0. The van der Waals surface area contributed by atoms with E-state index in [1.807, 2.05) is 29.6 Å². The van der Waals surface area contributed by atoms with E-state index < -0.39 is 10.0 Å². The Bertz CT molecular complexity index is 1210. The van der Waals surface area contributed by atoms with Crippen LogP contribution in [0.3, 0.4) is 0 Å². The third kappa shape index (κ3) is 4.01. The Kier molecular flexibility index (Phi) is 5.03. The molecule has 0 aliphatic rings. The highest BCUT2D eigenvalue weighted by Gasteiger charge is 2.17. The number of sulfonamides is 1. The van der Waals surface area contributed by atoms with Crippen LogP contribution in [-0.2, 0) is 10.0 Å². The number of hydrogen-bond donors (Lipinski definition) is 2. The van der Waals surface area contributed by atoms with Gasteiger partial charge in [0, 0.05) is 16.6 Å². The molecule has 0 spiro atoms. The summed E-state index contributed by atoms with van der Waals surface area (Å²) in [4.78, 5) is 4.51. The van der Waals surface area contributed by atoms with Crippen LogP contribution in [0.15, 0.2) is 75.8 Å². The fraction of sp³-hybridized carbons (Fsp3) is 0. The van der Waals surface area contributed by atoms with Crippen molar-refractivity contribution in [2.75, 3.05) is 10.0 Å². The lowest BCUT2D eigenvalue weighted by Crippen LogP contribution is -2.12. The van der Waals surface area contributed by atoms with Gasteiger partial charge in [0.1, 0.15) is 11.2 Å². The average Bonchev–Trinajstić information content (AvgIpc) is 3.36. The highest BCUT2D eigenvalue weighted by atomic mass is 35.5. The van der Waals surface area contributed by atoms with Crippen LogP contribution in [0.2, 0.25) is 5.02 Å². The molecule has 4 aromatic rings. The van der Waals surface area contributed by atoms with Gasteiger partial charge in [-0.25, -0.2) is 13.4 Å². The maximum absolute atomic E-state index is 12.3. The van der Waals surface area contributed by atoms with E-state index in [0.29, 0.717) is 21.5 Å². The second-order valence-corrected chi connectivity index (χ2v) is 8.64. The van der Waals surface area contributed by atoms with E-state index in [4.69, 9.17) is 11.6 Å². The number of hydrogen-bond acceptors (Lipinski definition) is 7. The Hall–Kier alpha value is -2.88. The maximum Gasteiger partial charge on any atom is 0.266 e. The van der Waals surface area contributed by atoms with Gasteiger partial charge in [0.15, 0.2) is 5.13 Å². The van der Waals surface area contributed by atoms with Gasteiger partial charge >= 0.3 is 0 Å². The van der Waals surface area contributed by atoms with Crippen molar-refractivity contribution in [3.63, 3.8) is 0 Å². The maximum atomic E-state index is 12.3. The molecule has 2 heterocycles. The summed E-state index contributed by atoms with van der Waals surface area (Å²) in [5, 5.41) is 9.76. The molecule has 0 amide bonds. The number of rotatable bonds is 6. The minimum atomic E-state index is -3.76. The molecule has 0 unspecified atom stereocenters. The number of halogens is 1. The molecule has 0 radical (unpaired) electrons. The van der Waals surface area contributed by atoms with Crippen LogP contribution in [-0.4, -0.2) is 18.6 Å². The van der Waals surface area contributed by atoms with E-state index in [1.54, 1.807) is 24.3 Å². The number of aromatic nitrogens is 2. The molecule has 2 aromatic carbocycles. The fourth-order valence-electron chi connectivity index (χ4n) is 2.43. The highest BCUT2D eigenvalue weighted by molar-refractivity contribution is 7.92. The quantitative estimate of drug-likeness (QED) is 0.445. The Morgan fingerprint density at radius 1 is 1.11 bits per heavy atom. The minimum Gasteiger partial charge on any atom is -0.363 e. The largest absolute Gasteiger partial charge is 0.363 e. The molecule has 7 nitrogen and oxygen atoms in total. The van der Waals surface area contributed by atoms with Crippen molar-refractivity contribution in [2.45, 2.75) is 4.90 Å². The predicted molar refractivity (Wildman–Crippen MR) is 110 cm³/mol. The first-order chi connectivity index (χ1) is 13.5. The van der Waals surface area contributed by atoms with E-state index in [0.717, 1.165) is 23.7 Å². The van der Waals surface area contributed by atoms with Gasteiger partial charge in [0.05, 0.1) is 22.6 Å². The molecule has 0 aliphatic carbocycles. The van der Waals surface area contributed by atoms with Gasteiger partial charge in [-0.2, -0.15) is 0 Å². The number of benzene rings is 2. The number of nitrogens with zero attached hydrogens (tertiary/aromatic N) is 2. The van der Waals surface area contributed by atoms with E-state index in [-0.39, 0.29) is 4.90 Å². The van der Waals surface area contributed by atoms with Crippen LogP contribution in [0, 0.1) is 0 Å².